The van der Waals surface area contributed by atoms with E-state index in [-0.39, 0.29) is 12.2 Å². The minimum atomic E-state index is -0.643. The van der Waals surface area contributed by atoms with Crippen LogP contribution in [0.15, 0.2) is 84.6 Å². The lowest BCUT2D eigenvalue weighted by Gasteiger charge is -2.28. The Bertz CT molecular complexity index is 1760. The number of amides is 3. The summed E-state index contributed by atoms with van der Waals surface area (Å²) in [4.78, 5) is 59.3. The molecule has 0 spiro atoms. The highest BCUT2D eigenvalue weighted by Crippen LogP contribution is 2.30. The second-order valence-electron chi connectivity index (χ2n) is 9.86. The molecule has 5 rings (SSSR count). The first kappa shape index (κ1) is 28.8. The van der Waals surface area contributed by atoms with Gasteiger partial charge in [-0.15, -0.1) is 0 Å². The van der Waals surface area contributed by atoms with Gasteiger partial charge in [-0.3, -0.25) is 9.59 Å². The quantitative estimate of drug-likeness (QED) is 0.106. The van der Waals surface area contributed by atoms with Crippen LogP contribution in [-0.4, -0.2) is 53.3 Å². The second-order valence-corrected chi connectivity index (χ2v) is 9.86. The Balaban J connectivity index is 1.25. The number of Topliss-reactive ketones (excluding diaryl/α,β-unsaturated/α-hetero) is 1. The molecule has 3 N–H and O–H groups in total. The fraction of sp³-hybridized carbons (Fsp3) is 0.182. The van der Waals surface area contributed by atoms with Gasteiger partial charge in [0.15, 0.2) is 5.70 Å². The Morgan fingerprint density at radius 1 is 0.907 bits per heavy atom. The molecular weight excluding hydrogens is 546 g/mol. The van der Waals surface area contributed by atoms with Crippen molar-refractivity contribution < 1.29 is 23.9 Å². The summed E-state index contributed by atoms with van der Waals surface area (Å²) in [7, 11) is 0. The standard InChI is InChI=1S/C33H29N5O5/c1-3-43-32(41)23-12-14-24(15-13-23)36-33(42)37-27-11-7-10-25-26(20-35-29(25)27)30(39)31(40)38-18-16-22(17-19-38)28(34-2)21-8-5-4-6-9-21/h4-15,20,35H,3,16-19H2,1H3,(H2,36,37,42). The first-order chi connectivity index (χ1) is 20.9. The lowest BCUT2D eigenvalue weighted by molar-refractivity contribution is -0.126. The molecule has 1 aliphatic rings. The number of nitrogens with one attached hydrogen (secondary N) is 3. The highest BCUT2D eigenvalue weighted by atomic mass is 16.5. The number of nitrogens with zero attached hydrogens (tertiary/aromatic N) is 2. The highest BCUT2D eigenvalue weighted by molar-refractivity contribution is 6.45. The average molecular weight is 576 g/mol. The monoisotopic (exact) mass is 575 g/mol. The first-order valence-corrected chi connectivity index (χ1v) is 13.8. The zero-order valence-corrected chi connectivity index (χ0v) is 23.5. The molecule has 1 fully saturated rings. The van der Waals surface area contributed by atoms with Crippen LogP contribution in [0, 0.1) is 6.57 Å². The summed E-state index contributed by atoms with van der Waals surface area (Å²) in [6, 6.07) is 20.3. The van der Waals surface area contributed by atoms with Crippen molar-refractivity contribution >= 4 is 51.7 Å². The number of H-pyrrole nitrogens is 1. The number of esters is 1. The fourth-order valence-corrected chi connectivity index (χ4v) is 5.05. The number of urea groups is 1. The van der Waals surface area contributed by atoms with Gasteiger partial charge in [-0.05, 0) is 55.7 Å². The molecule has 10 heteroatoms. The van der Waals surface area contributed by atoms with Crippen molar-refractivity contribution in [2.45, 2.75) is 19.8 Å². The smallest absolute Gasteiger partial charge is 0.338 e. The van der Waals surface area contributed by atoms with Crippen molar-refractivity contribution in [3.05, 3.63) is 113 Å². The molecule has 1 saturated heterocycles. The number of benzene rings is 3. The van der Waals surface area contributed by atoms with E-state index in [0.717, 1.165) is 11.1 Å². The van der Waals surface area contributed by atoms with Crippen molar-refractivity contribution in [1.82, 2.24) is 9.88 Å². The molecule has 43 heavy (non-hydrogen) atoms. The summed E-state index contributed by atoms with van der Waals surface area (Å²) in [6.45, 7) is 10.3. The van der Waals surface area contributed by atoms with Gasteiger partial charge < -0.3 is 25.3 Å². The largest absolute Gasteiger partial charge is 0.462 e. The molecule has 1 aliphatic heterocycles. The Kier molecular flexibility index (Phi) is 8.63. The lowest BCUT2D eigenvalue weighted by atomic mass is 9.97. The van der Waals surface area contributed by atoms with Gasteiger partial charge in [0.1, 0.15) is 0 Å². The predicted octanol–water partition coefficient (Wildman–Crippen LogP) is 6.12. The Hall–Kier alpha value is -5.69. The molecule has 1 aromatic heterocycles. The topological polar surface area (TPSA) is 125 Å². The van der Waals surface area contributed by atoms with Crippen molar-refractivity contribution in [3.8, 4) is 0 Å². The summed E-state index contributed by atoms with van der Waals surface area (Å²) in [5, 5.41) is 5.97. The van der Waals surface area contributed by atoms with E-state index in [2.05, 4.69) is 20.5 Å². The number of rotatable bonds is 7. The number of piperidine rings is 1. The Labute approximate surface area is 248 Å². The molecule has 3 amide bonds. The molecule has 4 aromatic rings. The number of carbonyl (C=O) groups is 4. The number of likely N-dealkylation sites (tertiary alicyclic amines) is 1. The maximum atomic E-state index is 13.3. The summed E-state index contributed by atoms with van der Waals surface area (Å²) < 4.78 is 4.97. The van der Waals surface area contributed by atoms with Gasteiger partial charge in [0.2, 0.25) is 0 Å². The summed E-state index contributed by atoms with van der Waals surface area (Å²) in [6.07, 6.45) is 2.52. The minimum Gasteiger partial charge on any atom is -0.462 e. The van der Waals surface area contributed by atoms with Gasteiger partial charge in [0, 0.05) is 30.4 Å². The van der Waals surface area contributed by atoms with E-state index in [0.29, 0.717) is 59.5 Å². The fourth-order valence-electron chi connectivity index (χ4n) is 5.05. The minimum absolute atomic E-state index is 0.214. The number of hydrogen-bond donors (Lipinski definition) is 3. The van der Waals surface area contributed by atoms with Crippen molar-refractivity contribution in [2.24, 2.45) is 0 Å². The van der Waals surface area contributed by atoms with E-state index >= 15 is 0 Å². The van der Waals surface area contributed by atoms with E-state index in [1.807, 2.05) is 30.3 Å². The summed E-state index contributed by atoms with van der Waals surface area (Å²) in [5.41, 5.74) is 4.42. The van der Waals surface area contributed by atoms with Gasteiger partial charge in [-0.2, -0.15) is 0 Å². The molecule has 0 radical (unpaired) electrons. The van der Waals surface area contributed by atoms with Crippen molar-refractivity contribution in [1.29, 1.82) is 0 Å². The van der Waals surface area contributed by atoms with Gasteiger partial charge in [-0.1, -0.05) is 48.0 Å². The molecule has 3 aromatic carbocycles. The predicted molar refractivity (Wildman–Crippen MR) is 163 cm³/mol. The van der Waals surface area contributed by atoms with Gasteiger partial charge in [0.05, 0.1) is 35.5 Å². The van der Waals surface area contributed by atoms with Gasteiger partial charge >= 0.3 is 12.0 Å². The number of para-hydroxylation sites is 1. The molecule has 10 nitrogen and oxygen atoms in total. The average Bonchev–Trinajstić information content (AvgIpc) is 3.47. The maximum absolute atomic E-state index is 13.3. The van der Waals surface area contributed by atoms with E-state index in [1.54, 1.807) is 49.4 Å². The van der Waals surface area contributed by atoms with E-state index in [1.165, 1.54) is 11.1 Å². The maximum Gasteiger partial charge on any atom is 0.338 e. The van der Waals surface area contributed by atoms with E-state index in [4.69, 9.17) is 11.3 Å². The molecule has 0 atom stereocenters. The van der Waals surface area contributed by atoms with E-state index in [9.17, 15) is 19.2 Å². The molecule has 0 unspecified atom stereocenters. The molecule has 0 aliphatic carbocycles. The zero-order chi connectivity index (χ0) is 30.3. The van der Waals surface area contributed by atoms with Gasteiger partial charge in [0.25, 0.3) is 11.7 Å². The number of fused-ring (bicyclic) bond motifs is 1. The van der Waals surface area contributed by atoms with Crippen LogP contribution in [0.25, 0.3) is 21.4 Å². The number of carbonyl (C=O) groups excluding carboxylic acids is 4. The summed E-state index contributed by atoms with van der Waals surface area (Å²) in [5.74, 6) is -1.69. The molecule has 2 heterocycles. The number of hydrogen-bond acceptors (Lipinski definition) is 5. The SMILES string of the molecule is [C-]#[N+]C(=C1CCN(C(=O)C(=O)c2c[nH]c3c(NC(=O)Nc4ccc(C(=O)OCC)cc4)cccc23)CC1)c1ccccc1. The van der Waals surface area contributed by atoms with Crippen LogP contribution in [-0.2, 0) is 9.53 Å². The summed E-state index contributed by atoms with van der Waals surface area (Å²) >= 11 is 0. The van der Waals surface area contributed by atoms with Crippen LogP contribution in [0.1, 0.15) is 46.0 Å². The van der Waals surface area contributed by atoms with Crippen LogP contribution < -0.4 is 10.6 Å². The number of aromatic amines is 1. The normalized spacial score (nSPS) is 12.7. The van der Waals surface area contributed by atoms with Crippen LogP contribution in [0.5, 0.6) is 0 Å². The molecule has 0 saturated carbocycles. The van der Waals surface area contributed by atoms with Crippen molar-refractivity contribution in [3.63, 3.8) is 0 Å². The third kappa shape index (κ3) is 6.31. The van der Waals surface area contributed by atoms with Crippen LogP contribution >= 0.6 is 0 Å². The lowest BCUT2D eigenvalue weighted by Crippen LogP contribution is -2.40. The number of anilines is 2. The van der Waals surface area contributed by atoms with Crippen molar-refractivity contribution in [2.75, 3.05) is 30.3 Å². The van der Waals surface area contributed by atoms with Gasteiger partial charge in [-0.25, -0.2) is 14.4 Å². The van der Waals surface area contributed by atoms with Crippen LogP contribution in [0.4, 0.5) is 16.2 Å². The van der Waals surface area contributed by atoms with Crippen LogP contribution in [0.2, 0.25) is 0 Å². The highest BCUT2D eigenvalue weighted by Gasteiger charge is 2.29. The first-order valence-electron chi connectivity index (χ1n) is 13.8. The van der Waals surface area contributed by atoms with E-state index < -0.39 is 23.7 Å². The number of ketones is 1. The number of aromatic nitrogens is 1. The second kappa shape index (κ2) is 12.9. The van der Waals surface area contributed by atoms with Crippen LogP contribution in [0.3, 0.4) is 0 Å². The molecular formula is C33H29N5O5. The number of ether oxygens (including phenoxy) is 1. The third-order valence-corrected chi connectivity index (χ3v) is 7.20. The Morgan fingerprint density at radius 3 is 2.30 bits per heavy atom. The molecule has 216 valence electrons. The molecule has 0 bridgehead atoms. The zero-order valence-electron chi connectivity index (χ0n) is 23.5. The Morgan fingerprint density at radius 2 is 1.63 bits per heavy atom. The third-order valence-electron chi connectivity index (χ3n) is 7.20.